The first kappa shape index (κ1) is 11.9. The summed E-state index contributed by atoms with van der Waals surface area (Å²) in [6, 6.07) is 4.43. The van der Waals surface area contributed by atoms with Crippen molar-refractivity contribution in [2.24, 2.45) is 5.73 Å². The van der Waals surface area contributed by atoms with Crippen LogP contribution >= 0.6 is 0 Å². The van der Waals surface area contributed by atoms with Crippen LogP contribution in [0.5, 0.6) is 0 Å². The topological polar surface area (TPSA) is 65.9 Å². The molecule has 1 aromatic heterocycles. The molecule has 0 radical (unpaired) electrons. The number of nitriles is 1. The highest BCUT2D eigenvalue weighted by Crippen LogP contribution is 2.27. The van der Waals surface area contributed by atoms with Crippen LogP contribution in [-0.4, -0.2) is 23.6 Å². The maximum Gasteiger partial charge on any atom is 0.101 e. The van der Waals surface area contributed by atoms with Crippen LogP contribution in [-0.2, 0) is 0 Å². The molecule has 4 heteroatoms. The minimum atomic E-state index is 0.113. The molecule has 1 aliphatic rings. The Bertz CT molecular complexity index is 422. The lowest BCUT2D eigenvalue weighted by molar-refractivity contribution is 0.413. The lowest BCUT2D eigenvalue weighted by atomic mass is 9.96. The van der Waals surface area contributed by atoms with Gasteiger partial charge in [0.25, 0.3) is 0 Å². The predicted octanol–water partition coefficient (Wildman–Crippen LogP) is 1.66. The fourth-order valence-corrected chi connectivity index (χ4v) is 2.51. The number of hydrogen-bond acceptors (Lipinski definition) is 4. The van der Waals surface area contributed by atoms with Crippen LogP contribution in [0.3, 0.4) is 0 Å². The maximum absolute atomic E-state index is 9.14. The summed E-state index contributed by atoms with van der Waals surface area (Å²) in [6.45, 7) is 3.00. The van der Waals surface area contributed by atoms with E-state index < -0.39 is 0 Å². The number of anilines is 1. The van der Waals surface area contributed by atoms with Crippen molar-refractivity contribution < 1.29 is 0 Å². The van der Waals surface area contributed by atoms with E-state index in [0.717, 1.165) is 25.1 Å². The van der Waals surface area contributed by atoms with Crippen LogP contribution in [0.4, 0.5) is 5.69 Å². The summed E-state index contributed by atoms with van der Waals surface area (Å²) in [7, 11) is 0. The van der Waals surface area contributed by atoms with Gasteiger partial charge in [0.15, 0.2) is 0 Å². The number of nitrogens with zero attached hydrogens (tertiary/aromatic N) is 3. The second-order valence-corrected chi connectivity index (χ2v) is 4.62. The molecular weight excluding hydrogens is 212 g/mol. The van der Waals surface area contributed by atoms with Gasteiger partial charge >= 0.3 is 0 Å². The molecule has 17 heavy (non-hydrogen) atoms. The first-order valence-corrected chi connectivity index (χ1v) is 6.10. The van der Waals surface area contributed by atoms with E-state index in [1.54, 1.807) is 18.5 Å². The zero-order valence-corrected chi connectivity index (χ0v) is 10.1. The Balaban J connectivity index is 2.33. The van der Waals surface area contributed by atoms with E-state index in [1.165, 1.54) is 6.42 Å². The van der Waals surface area contributed by atoms with Gasteiger partial charge in [-0.3, -0.25) is 4.98 Å². The zero-order valence-electron chi connectivity index (χ0n) is 10.1. The summed E-state index contributed by atoms with van der Waals surface area (Å²) in [5.74, 6) is 0. The highest BCUT2D eigenvalue weighted by atomic mass is 15.2. The van der Waals surface area contributed by atoms with Crippen LogP contribution in [0.2, 0.25) is 0 Å². The van der Waals surface area contributed by atoms with E-state index in [4.69, 9.17) is 11.0 Å². The van der Waals surface area contributed by atoms with Gasteiger partial charge in [0.2, 0.25) is 0 Å². The smallest absolute Gasteiger partial charge is 0.101 e. The number of rotatable bonds is 2. The van der Waals surface area contributed by atoms with E-state index in [2.05, 4.69) is 16.0 Å². The molecule has 0 saturated carbocycles. The Labute approximate surface area is 102 Å². The second-order valence-electron chi connectivity index (χ2n) is 4.62. The summed E-state index contributed by atoms with van der Waals surface area (Å²) in [5, 5.41) is 9.14. The first-order valence-electron chi connectivity index (χ1n) is 6.10. The maximum atomic E-state index is 9.14. The molecule has 0 aliphatic carbocycles. The summed E-state index contributed by atoms with van der Waals surface area (Å²) in [5.41, 5.74) is 7.66. The molecule has 2 N–H and O–H groups in total. The van der Waals surface area contributed by atoms with E-state index in [0.29, 0.717) is 11.6 Å². The molecule has 1 aliphatic heterocycles. The molecule has 0 amide bonds. The van der Waals surface area contributed by atoms with Crippen LogP contribution in [0.1, 0.15) is 31.7 Å². The molecule has 90 valence electrons. The van der Waals surface area contributed by atoms with Gasteiger partial charge in [-0.1, -0.05) is 0 Å². The van der Waals surface area contributed by atoms with Gasteiger partial charge in [-0.05, 0) is 32.3 Å². The summed E-state index contributed by atoms with van der Waals surface area (Å²) < 4.78 is 0. The Kier molecular flexibility index (Phi) is 3.60. The van der Waals surface area contributed by atoms with Crippen LogP contribution < -0.4 is 10.6 Å². The Morgan fingerprint density at radius 1 is 1.59 bits per heavy atom. The molecule has 0 bridgehead atoms. The fraction of sp³-hybridized carbons (Fsp3) is 0.538. The third kappa shape index (κ3) is 2.40. The van der Waals surface area contributed by atoms with Gasteiger partial charge in [-0.15, -0.1) is 0 Å². The van der Waals surface area contributed by atoms with Crippen molar-refractivity contribution in [1.82, 2.24) is 4.98 Å². The number of piperidine rings is 1. The molecule has 4 nitrogen and oxygen atoms in total. The summed E-state index contributed by atoms with van der Waals surface area (Å²) in [6.07, 6.45) is 6.90. The van der Waals surface area contributed by atoms with Crippen molar-refractivity contribution >= 4 is 5.69 Å². The van der Waals surface area contributed by atoms with Gasteiger partial charge < -0.3 is 10.6 Å². The van der Waals surface area contributed by atoms with Crippen molar-refractivity contribution in [3.63, 3.8) is 0 Å². The Hall–Kier alpha value is -1.60. The van der Waals surface area contributed by atoms with Crippen molar-refractivity contribution in [3.8, 4) is 6.07 Å². The van der Waals surface area contributed by atoms with Crippen LogP contribution in [0, 0.1) is 11.3 Å². The average Bonchev–Trinajstić information content (AvgIpc) is 2.38. The van der Waals surface area contributed by atoms with Gasteiger partial charge in [0, 0.05) is 24.8 Å². The normalized spacial score (nSPS) is 21.9. The van der Waals surface area contributed by atoms with Gasteiger partial charge in [-0.2, -0.15) is 5.26 Å². The number of hydrogen-bond donors (Lipinski definition) is 1. The van der Waals surface area contributed by atoms with E-state index in [-0.39, 0.29) is 6.04 Å². The first-order chi connectivity index (χ1) is 8.24. The summed E-state index contributed by atoms with van der Waals surface area (Å²) >= 11 is 0. The molecule has 2 atom stereocenters. The minimum absolute atomic E-state index is 0.113. The number of pyridine rings is 1. The fourth-order valence-electron chi connectivity index (χ4n) is 2.51. The number of aromatic nitrogens is 1. The third-order valence-corrected chi connectivity index (χ3v) is 3.39. The molecular formula is C13H18N4. The lowest BCUT2D eigenvalue weighted by Gasteiger charge is -2.39. The molecule has 2 rings (SSSR count). The van der Waals surface area contributed by atoms with Crippen molar-refractivity contribution in [2.75, 3.05) is 11.4 Å². The van der Waals surface area contributed by atoms with Gasteiger partial charge in [0.05, 0.1) is 17.4 Å². The quantitative estimate of drug-likeness (QED) is 0.839. The summed E-state index contributed by atoms with van der Waals surface area (Å²) in [4.78, 5) is 6.38. The standard InChI is InChI=1S/C13H18N4/c1-10(15)12-4-2-3-7-17(12)13-9-16-6-5-11(13)8-14/h5-6,9-10,12H,2-4,7,15H2,1H3. The zero-order chi connectivity index (χ0) is 12.3. The Morgan fingerprint density at radius 3 is 3.12 bits per heavy atom. The highest BCUT2D eigenvalue weighted by molar-refractivity contribution is 5.58. The average molecular weight is 230 g/mol. The van der Waals surface area contributed by atoms with E-state index in [1.807, 2.05) is 6.92 Å². The largest absolute Gasteiger partial charge is 0.365 e. The molecule has 2 unspecified atom stereocenters. The van der Waals surface area contributed by atoms with Crippen LogP contribution in [0.15, 0.2) is 18.5 Å². The van der Waals surface area contributed by atoms with Crippen LogP contribution in [0.25, 0.3) is 0 Å². The minimum Gasteiger partial charge on any atom is -0.365 e. The van der Waals surface area contributed by atoms with Crippen molar-refractivity contribution in [2.45, 2.75) is 38.3 Å². The van der Waals surface area contributed by atoms with Gasteiger partial charge in [-0.25, -0.2) is 0 Å². The highest BCUT2D eigenvalue weighted by Gasteiger charge is 2.27. The lowest BCUT2D eigenvalue weighted by Crippen LogP contribution is -2.49. The molecule has 2 heterocycles. The van der Waals surface area contributed by atoms with E-state index in [9.17, 15) is 0 Å². The van der Waals surface area contributed by atoms with Crippen molar-refractivity contribution in [3.05, 3.63) is 24.0 Å². The second kappa shape index (κ2) is 5.15. The molecule has 1 aromatic rings. The molecule has 1 fully saturated rings. The van der Waals surface area contributed by atoms with Gasteiger partial charge in [0.1, 0.15) is 6.07 Å². The Morgan fingerprint density at radius 2 is 2.41 bits per heavy atom. The SMILES string of the molecule is CC(N)C1CCCCN1c1cnccc1C#N. The third-order valence-electron chi connectivity index (χ3n) is 3.39. The van der Waals surface area contributed by atoms with Crippen molar-refractivity contribution in [1.29, 1.82) is 5.26 Å². The predicted molar refractivity (Wildman–Crippen MR) is 67.6 cm³/mol. The molecule has 0 spiro atoms. The molecule has 0 aromatic carbocycles. The molecule has 1 saturated heterocycles. The number of nitrogens with two attached hydrogens (primary N) is 1. The monoisotopic (exact) mass is 230 g/mol. The van der Waals surface area contributed by atoms with E-state index >= 15 is 0 Å².